The summed E-state index contributed by atoms with van der Waals surface area (Å²) >= 11 is 3.18. The number of hydrogen-bond acceptors (Lipinski definition) is 5. The van der Waals surface area contributed by atoms with Crippen LogP contribution in [0.15, 0.2) is 59.1 Å². The molecule has 0 saturated heterocycles. The first-order valence-electron chi connectivity index (χ1n) is 9.80. The fourth-order valence-electron chi connectivity index (χ4n) is 3.50. The van der Waals surface area contributed by atoms with Crippen LogP contribution in [0.3, 0.4) is 0 Å². The first kappa shape index (κ1) is 20.6. The second-order valence-corrected chi connectivity index (χ2v) is 9.26. The molecule has 0 saturated carbocycles. The van der Waals surface area contributed by atoms with Gasteiger partial charge in [0.05, 0.1) is 12.3 Å². The van der Waals surface area contributed by atoms with E-state index in [2.05, 4.69) is 51.3 Å². The standard InChI is InChI=1S/C23H24N4OS2/c1-16-12-20(17(2)27(16)14-19-10-7-11-29-19)21(28)15-30-23-25-24-22(26(23)3)13-18-8-5-4-6-9-18/h4-12H,13-15H2,1-3H3. The summed E-state index contributed by atoms with van der Waals surface area (Å²) in [7, 11) is 1.96. The number of nitrogens with zero attached hydrogens (tertiary/aromatic N) is 4. The van der Waals surface area contributed by atoms with Gasteiger partial charge in [-0.1, -0.05) is 48.2 Å². The van der Waals surface area contributed by atoms with Gasteiger partial charge in [0.1, 0.15) is 5.82 Å². The van der Waals surface area contributed by atoms with E-state index in [1.165, 1.54) is 22.2 Å². The van der Waals surface area contributed by atoms with Crippen molar-refractivity contribution >= 4 is 28.9 Å². The van der Waals surface area contributed by atoms with Gasteiger partial charge in [-0.25, -0.2) is 0 Å². The van der Waals surface area contributed by atoms with Crippen LogP contribution in [0.5, 0.6) is 0 Å². The summed E-state index contributed by atoms with van der Waals surface area (Å²) in [4.78, 5) is 14.2. The minimum atomic E-state index is 0.123. The molecule has 154 valence electrons. The normalized spacial score (nSPS) is 11.2. The predicted molar refractivity (Wildman–Crippen MR) is 123 cm³/mol. The summed E-state index contributed by atoms with van der Waals surface area (Å²) in [5, 5.41) is 11.5. The summed E-state index contributed by atoms with van der Waals surface area (Å²) in [5.41, 5.74) is 4.12. The molecule has 0 bridgehead atoms. The Morgan fingerprint density at radius 3 is 2.63 bits per heavy atom. The zero-order valence-electron chi connectivity index (χ0n) is 17.3. The molecule has 3 aromatic heterocycles. The molecule has 0 radical (unpaired) electrons. The van der Waals surface area contributed by atoms with Crippen molar-refractivity contribution in [3.63, 3.8) is 0 Å². The van der Waals surface area contributed by atoms with Crippen molar-refractivity contribution in [3.05, 3.63) is 87.1 Å². The van der Waals surface area contributed by atoms with Crippen molar-refractivity contribution in [1.29, 1.82) is 0 Å². The molecule has 0 aliphatic heterocycles. The lowest BCUT2D eigenvalue weighted by Gasteiger charge is -2.08. The maximum Gasteiger partial charge on any atom is 0.191 e. The van der Waals surface area contributed by atoms with E-state index in [0.717, 1.165) is 40.9 Å². The number of ketones is 1. The smallest absolute Gasteiger partial charge is 0.191 e. The average molecular weight is 437 g/mol. The number of thioether (sulfide) groups is 1. The predicted octanol–water partition coefficient (Wildman–Crippen LogP) is 4.91. The molecule has 0 spiro atoms. The highest BCUT2D eigenvalue weighted by atomic mass is 32.2. The zero-order valence-corrected chi connectivity index (χ0v) is 19.0. The lowest BCUT2D eigenvalue weighted by atomic mass is 10.1. The number of aryl methyl sites for hydroxylation is 1. The van der Waals surface area contributed by atoms with Crippen LogP contribution in [0.2, 0.25) is 0 Å². The Morgan fingerprint density at radius 2 is 1.90 bits per heavy atom. The number of aromatic nitrogens is 4. The van der Waals surface area contributed by atoms with E-state index in [1.807, 2.05) is 42.8 Å². The van der Waals surface area contributed by atoms with Crippen molar-refractivity contribution in [2.45, 2.75) is 32.0 Å². The van der Waals surface area contributed by atoms with Gasteiger partial charge in [0.15, 0.2) is 10.9 Å². The third-order valence-corrected chi connectivity index (χ3v) is 7.11. The van der Waals surface area contributed by atoms with Gasteiger partial charge in [0.25, 0.3) is 0 Å². The maximum atomic E-state index is 12.9. The molecule has 0 atom stereocenters. The molecule has 0 aliphatic carbocycles. The van der Waals surface area contributed by atoms with E-state index in [-0.39, 0.29) is 5.78 Å². The van der Waals surface area contributed by atoms with Crippen molar-refractivity contribution in [2.75, 3.05) is 5.75 Å². The molecule has 1 aromatic carbocycles. The second kappa shape index (κ2) is 9.02. The van der Waals surface area contributed by atoms with Crippen molar-refractivity contribution in [2.24, 2.45) is 7.05 Å². The number of carbonyl (C=O) groups excluding carboxylic acids is 1. The Balaban J connectivity index is 1.43. The van der Waals surface area contributed by atoms with Crippen LogP contribution in [0.1, 0.15) is 38.0 Å². The van der Waals surface area contributed by atoms with Crippen molar-refractivity contribution < 1.29 is 4.79 Å². The van der Waals surface area contributed by atoms with Gasteiger partial charge in [-0.05, 0) is 36.9 Å². The number of rotatable bonds is 8. The van der Waals surface area contributed by atoms with Gasteiger partial charge in [0.2, 0.25) is 0 Å². The SMILES string of the molecule is Cc1cc(C(=O)CSc2nnc(Cc3ccccc3)n2C)c(C)n1Cc1cccs1. The molecule has 5 nitrogen and oxygen atoms in total. The number of benzene rings is 1. The average Bonchev–Trinajstić information content (AvgIpc) is 3.45. The topological polar surface area (TPSA) is 52.7 Å². The van der Waals surface area contributed by atoms with Gasteiger partial charge in [0, 0.05) is 35.3 Å². The van der Waals surface area contributed by atoms with Crippen LogP contribution >= 0.6 is 23.1 Å². The Morgan fingerprint density at radius 1 is 1.10 bits per heavy atom. The summed E-state index contributed by atoms with van der Waals surface area (Å²) in [5.74, 6) is 1.36. The van der Waals surface area contributed by atoms with E-state index in [1.54, 1.807) is 11.3 Å². The number of Topliss-reactive ketones (excluding diaryl/α,β-unsaturated/α-hetero) is 1. The van der Waals surface area contributed by atoms with Crippen molar-refractivity contribution in [3.8, 4) is 0 Å². The lowest BCUT2D eigenvalue weighted by Crippen LogP contribution is -2.08. The molecule has 4 aromatic rings. The van der Waals surface area contributed by atoms with E-state index in [0.29, 0.717) is 5.75 Å². The summed E-state index contributed by atoms with van der Waals surface area (Å²) < 4.78 is 4.19. The Kier molecular flexibility index (Phi) is 6.20. The number of carbonyl (C=O) groups is 1. The van der Waals surface area contributed by atoms with Crippen LogP contribution in [-0.4, -0.2) is 30.9 Å². The van der Waals surface area contributed by atoms with Gasteiger partial charge < -0.3 is 9.13 Å². The van der Waals surface area contributed by atoms with Crippen molar-refractivity contribution in [1.82, 2.24) is 19.3 Å². The molecule has 3 heterocycles. The van der Waals surface area contributed by atoms with Gasteiger partial charge in [-0.15, -0.1) is 21.5 Å². The van der Waals surface area contributed by atoms with Crippen LogP contribution in [0.4, 0.5) is 0 Å². The molecule has 0 amide bonds. The minimum absolute atomic E-state index is 0.123. The van der Waals surface area contributed by atoms with Crippen LogP contribution in [-0.2, 0) is 20.0 Å². The van der Waals surface area contributed by atoms with Gasteiger partial charge in [-0.2, -0.15) is 0 Å². The van der Waals surface area contributed by atoms with Crippen LogP contribution in [0.25, 0.3) is 0 Å². The molecule has 0 unspecified atom stereocenters. The van der Waals surface area contributed by atoms with Gasteiger partial charge in [-0.3, -0.25) is 4.79 Å². The molecule has 4 rings (SSSR count). The lowest BCUT2D eigenvalue weighted by molar-refractivity contribution is 0.102. The van der Waals surface area contributed by atoms with E-state index in [4.69, 9.17) is 0 Å². The maximum absolute atomic E-state index is 12.9. The molecule has 0 N–H and O–H groups in total. The monoisotopic (exact) mass is 436 g/mol. The fourth-order valence-corrected chi connectivity index (χ4v) is 5.00. The van der Waals surface area contributed by atoms with E-state index in [9.17, 15) is 4.79 Å². The van der Waals surface area contributed by atoms with E-state index < -0.39 is 0 Å². The quantitative estimate of drug-likeness (QED) is 0.291. The highest BCUT2D eigenvalue weighted by molar-refractivity contribution is 7.99. The Hall–Kier alpha value is -2.64. The number of thiophene rings is 1. The molecule has 0 fully saturated rings. The van der Waals surface area contributed by atoms with Crippen LogP contribution in [0, 0.1) is 13.8 Å². The highest BCUT2D eigenvalue weighted by Gasteiger charge is 2.18. The highest BCUT2D eigenvalue weighted by Crippen LogP contribution is 2.23. The largest absolute Gasteiger partial charge is 0.343 e. The fraction of sp³-hybridized carbons (Fsp3) is 0.261. The first-order valence-corrected chi connectivity index (χ1v) is 11.7. The zero-order chi connectivity index (χ0) is 21.1. The summed E-state index contributed by atoms with van der Waals surface area (Å²) in [6.07, 6.45) is 0.725. The third kappa shape index (κ3) is 4.42. The van der Waals surface area contributed by atoms with Gasteiger partial charge >= 0.3 is 0 Å². The molecular formula is C23H24N4OS2. The molecule has 30 heavy (non-hydrogen) atoms. The Labute approximate surface area is 184 Å². The summed E-state index contributed by atoms with van der Waals surface area (Å²) in [6, 6.07) is 16.4. The van der Waals surface area contributed by atoms with E-state index >= 15 is 0 Å². The third-order valence-electron chi connectivity index (χ3n) is 5.23. The first-order chi connectivity index (χ1) is 14.5. The number of hydrogen-bond donors (Lipinski definition) is 0. The second-order valence-electron chi connectivity index (χ2n) is 7.28. The Bertz CT molecular complexity index is 1140. The minimum Gasteiger partial charge on any atom is -0.343 e. The van der Waals surface area contributed by atoms with Crippen LogP contribution < -0.4 is 0 Å². The molecule has 7 heteroatoms. The summed E-state index contributed by atoms with van der Waals surface area (Å²) in [6.45, 7) is 4.89. The molecule has 0 aliphatic rings. The molecular weight excluding hydrogens is 412 g/mol.